The molecule has 6 nitrogen and oxygen atoms in total. The van der Waals surface area contributed by atoms with Gasteiger partial charge >= 0.3 is 0 Å². The molecule has 0 amide bonds. The van der Waals surface area contributed by atoms with Crippen LogP contribution >= 0.6 is 0 Å². The van der Waals surface area contributed by atoms with E-state index in [1.807, 2.05) is 23.6 Å². The second kappa shape index (κ2) is 5.01. The van der Waals surface area contributed by atoms with Crippen molar-refractivity contribution in [1.29, 1.82) is 0 Å². The summed E-state index contributed by atoms with van der Waals surface area (Å²) in [6.45, 7) is 1.86. The molecule has 0 unspecified atom stereocenters. The Hall–Kier alpha value is -2.99. The van der Waals surface area contributed by atoms with Gasteiger partial charge in [0.2, 0.25) is 11.4 Å². The van der Waals surface area contributed by atoms with Crippen LogP contribution in [0.25, 0.3) is 5.65 Å². The summed E-state index contributed by atoms with van der Waals surface area (Å²) in [7, 11) is 0. The standard InChI is InChI=1S/C18H15N3O3/c1-11-9-21-8-7-13-14(17(21)19-11)20-15(12-5-3-2-4-6-12)18(24,10-22)16(13)23/h2-10,15,20,24H,1H3/t15-,18+/m1/s1. The maximum absolute atomic E-state index is 12.8. The molecule has 1 aliphatic heterocycles. The average Bonchev–Trinajstić information content (AvgIpc) is 2.99. The van der Waals surface area contributed by atoms with Crippen molar-refractivity contribution >= 4 is 23.4 Å². The summed E-state index contributed by atoms with van der Waals surface area (Å²) in [6.07, 6.45) is 3.85. The zero-order chi connectivity index (χ0) is 16.9. The smallest absolute Gasteiger partial charge is 0.207 e. The van der Waals surface area contributed by atoms with Crippen molar-refractivity contribution in [3.8, 4) is 0 Å². The molecule has 2 N–H and O–H groups in total. The molecule has 24 heavy (non-hydrogen) atoms. The predicted octanol–water partition coefficient (Wildman–Crippen LogP) is 1.92. The topological polar surface area (TPSA) is 83.7 Å². The first-order chi connectivity index (χ1) is 11.5. The lowest BCUT2D eigenvalue weighted by Gasteiger charge is -2.37. The molecule has 2 atom stereocenters. The second-order valence-corrected chi connectivity index (χ2v) is 5.98. The molecule has 120 valence electrons. The van der Waals surface area contributed by atoms with Gasteiger partial charge in [0.15, 0.2) is 11.9 Å². The van der Waals surface area contributed by atoms with Crippen molar-refractivity contribution < 1.29 is 14.7 Å². The van der Waals surface area contributed by atoms with Crippen LogP contribution in [-0.2, 0) is 4.79 Å². The Kier molecular flexibility index (Phi) is 3.04. The Labute approximate surface area is 137 Å². The van der Waals surface area contributed by atoms with Crippen LogP contribution in [0.1, 0.15) is 27.7 Å². The summed E-state index contributed by atoms with van der Waals surface area (Å²) in [5.74, 6) is -0.622. The Morgan fingerprint density at radius 3 is 2.75 bits per heavy atom. The van der Waals surface area contributed by atoms with Gasteiger partial charge in [-0.25, -0.2) is 4.98 Å². The molecular formula is C18H15N3O3. The molecule has 0 radical (unpaired) electrons. The number of nitrogens with zero attached hydrogens (tertiary/aromatic N) is 2. The van der Waals surface area contributed by atoms with Crippen LogP contribution < -0.4 is 5.32 Å². The third-order valence-electron chi connectivity index (χ3n) is 4.40. The Morgan fingerprint density at radius 2 is 2.04 bits per heavy atom. The van der Waals surface area contributed by atoms with Crippen molar-refractivity contribution in [3.05, 3.63) is 65.6 Å². The van der Waals surface area contributed by atoms with Crippen molar-refractivity contribution in [2.75, 3.05) is 5.32 Å². The van der Waals surface area contributed by atoms with E-state index in [1.54, 1.807) is 36.5 Å². The first-order valence-corrected chi connectivity index (χ1v) is 7.58. The van der Waals surface area contributed by atoms with Crippen LogP contribution in [0.4, 0.5) is 5.69 Å². The van der Waals surface area contributed by atoms with Crippen LogP contribution in [0.5, 0.6) is 0 Å². The number of benzene rings is 1. The van der Waals surface area contributed by atoms with Gasteiger partial charge in [-0.1, -0.05) is 30.3 Å². The molecule has 1 aliphatic rings. The monoisotopic (exact) mass is 321 g/mol. The minimum absolute atomic E-state index is 0.259. The van der Waals surface area contributed by atoms with Gasteiger partial charge < -0.3 is 14.8 Å². The number of imidazole rings is 1. The van der Waals surface area contributed by atoms with Crippen LogP contribution in [0, 0.1) is 6.92 Å². The number of rotatable bonds is 2. The third-order valence-corrected chi connectivity index (χ3v) is 4.40. The number of aryl methyl sites for hydroxylation is 1. The van der Waals surface area contributed by atoms with E-state index in [-0.39, 0.29) is 5.56 Å². The minimum Gasteiger partial charge on any atom is -0.373 e. The first kappa shape index (κ1) is 14.6. The fourth-order valence-electron chi connectivity index (χ4n) is 3.21. The molecular weight excluding hydrogens is 306 g/mol. The van der Waals surface area contributed by atoms with Crippen LogP contribution in [0.2, 0.25) is 0 Å². The summed E-state index contributed by atoms with van der Waals surface area (Å²) < 4.78 is 1.81. The largest absolute Gasteiger partial charge is 0.373 e. The van der Waals surface area contributed by atoms with Gasteiger partial charge in [-0.05, 0) is 18.6 Å². The predicted molar refractivity (Wildman–Crippen MR) is 88.1 cm³/mol. The average molecular weight is 321 g/mol. The summed E-state index contributed by atoms with van der Waals surface area (Å²) in [5, 5.41) is 13.9. The number of carbonyl (C=O) groups is 2. The van der Waals surface area contributed by atoms with Crippen molar-refractivity contribution in [1.82, 2.24) is 9.38 Å². The molecule has 0 saturated carbocycles. The van der Waals surface area contributed by atoms with Crippen LogP contribution in [0.3, 0.4) is 0 Å². The highest BCUT2D eigenvalue weighted by Crippen LogP contribution is 2.40. The number of carbonyl (C=O) groups excluding carboxylic acids is 2. The molecule has 0 aliphatic carbocycles. The van der Waals surface area contributed by atoms with Gasteiger partial charge in [0.1, 0.15) is 0 Å². The Balaban J connectivity index is 1.97. The molecule has 0 fully saturated rings. The van der Waals surface area contributed by atoms with E-state index in [4.69, 9.17) is 0 Å². The van der Waals surface area contributed by atoms with Crippen molar-refractivity contribution in [2.45, 2.75) is 18.6 Å². The summed E-state index contributed by atoms with van der Waals surface area (Å²) in [6, 6.07) is 9.67. The number of aldehydes is 1. The van der Waals surface area contributed by atoms with E-state index < -0.39 is 17.4 Å². The Morgan fingerprint density at radius 1 is 1.29 bits per heavy atom. The molecule has 1 aromatic carbocycles. The maximum Gasteiger partial charge on any atom is 0.207 e. The number of ketones is 1. The van der Waals surface area contributed by atoms with E-state index >= 15 is 0 Å². The summed E-state index contributed by atoms with van der Waals surface area (Å²) >= 11 is 0. The maximum atomic E-state index is 12.8. The fraction of sp³-hybridized carbons (Fsp3) is 0.167. The Bertz CT molecular complexity index is 964. The molecule has 2 aromatic heterocycles. The number of Topliss-reactive ketones (excluding diaryl/α,β-unsaturated/α-hetero) is 1. The van der Waals surface area contributed by atoms with E-state index in [0.29, 0.717) is 23.2 Å². The zero-order valence-corrected chi connectivity index (χ0v) is 12.9. The van der Waals surface area contributed by atoms with E-state index in [0.717, 1.165) is 5.69 Å². The molecule has 3 aromatic rings. The molecule has 0 spiro atoms. The number of fused-ring (bicyclic) bond motifs is 3. The molecule has 3 heterocycles. The van der Waals surface area contributed by atoms with Gasteiger partial charge in [0.25, 0.3) is 0 Å². The van der Waals surface area contributed by atoms with Gasteiger partial charge in [-0.3, -0.25) is 9.59 Å². The molecule has 6 heteroatoms. The number of anilines is 1. The SMILES string of the molecule is Cc1cn2ccc3c(c2n1)N[C@H](c1ccccc1)[C@@](O)(C=O)C3=O. The number of aliphatic hydroxyl groups is 1. The fourth-order valence-corrected chi connectivity index (χ4v) is 3.21. The van der Waals surface area contributed by atoms with E-state index in [1.165, 1.54) is 0 Å². The number of nitrogens with one attached hydrogen (secondary N) is 1. The highest BCUT2D eigenvalue weighted by Gasteiger charge is 2.50. The molecule has 0 bridgehead atoms. The van der Waals surface area contributed by atoms with E-state index in [9.17, 15) is 14.7 Å². The number of pyridine rings is 1. The van der Waals surface area contributed by atoms with Gasteiger partial charge in [0, 0.05) is 18.0 Å². The lowest BCUT2D eigenvalue weighted by atomic mass is 9.80. The first-order valence-electron chi connectivity index (χ1n) is 7.58. The normalized spacial score (nSPS) is 22.9. The highest BCUT2D eigenvalue weighted by molar-refractivity contribution is 6.18. The number of hydrogen-bond donors (Lipinski definition) is 2. The van der Waals surface area contributed by atoms with Crippen molar-refractivity contribution in [2.24, 2.45) is 0 Å². The zero-order valence-electron chi connectivity index (χ0n) is 12.9. The number of aromatic nitrogens is 2. The quantitative estimate of drug-likeness (QED) is 0.556. The van der Waals surface area contributed by atoms with Gasteiger partial charge in [-0.2, -0.15) is 0 Å². The lowest BCUT2D eigenvalue weighted by Crippen LogP contribution is -2.52. The van der Waals surface area contributed by atoms with Crippen LogP contribution in [-0.4, -0.2) is 32.2 Å². The summed E-state index contributed by atoms with van der Waals surface area (Å²) in [5.41, 5.74) is 0.675. The number of hydrogen-bond acceptors (Lipinski definition) is 5. The highest BCUT2D eigenvalue weighted by atomic mass is 16.3. The summed E-state index contributed by atoms with van der Waals surface area (Å²) in [4.78, 5) is 28.9. The van der Waals surface area contributed by atoms with Crippen molar-refractivity contribution in [3.63, 3.8) is 0 Å². The second-order valence-electron chi connectivity index (χ2n) is 5.98. The lowest BCUT2D eigenvalue weighted by molar-refractivity contribution is -0.121. The molecule has 4 rings (SSSR count). The minimum atomic E-state index is -2.16. The third kappa shape index (κ3) is 1.90. The van der Waals surface area contributed by atoms with Gasteiger partial charge in [0.05, 0.1) is 17.4 Å². The molecule has 0 saturated heterocycles. The van der Waals surface area contributed by atoms with E-state index in [2.05, 4.69) is 10.3 Å². The van der Waals surface area contributed by atoms with Crippen LogP contribution in [0.15, 0.2) is 48.8 Å². The van der Waals surface area contributed by atoms with Gasteiger partial charge in [-0.15, -0.1) is 0 Å².